The summed E-state index contributed by atoms with van der Waals surface area (Å²) in [7, 11) is 0. The number of rotatable bonds is 11. The van der Waals surface area contributed by atoms with Gasteiger partial charge in [-0.15, -0.1) is 11.3 Å². The summed E-state index contributed by atoms with van der Waals surface area (Å²) in [6.45, 7) is 2.49. The normalized spacial score (nSPS) is 22.3. The molecule has 49 heavy (non-hydrogen) atoms. The standard InChI is InChI=1S/C35H39ClFN9O2S/c1-19(38)3-2-4-20-11-26(30(37)27(36)12-20)28-13-22-18-46(34(47)45-31(22)44-28)25-7-5-21(6-8-25)29-14-24(43-33-41-9-10-49-33)16-35(48-29)15-23(35)17-42-32(39)40/h5-13,18-19,23-24,29H,2-4,14-17,38H2,1H3,(H,41,43)(H4,39,40,42)(H,44,45,47)/t19-,23?,24+,29-,35?/m0/s1. The van der Waals surface area contributed by atoms with Gasteiger partial charge in [-0.3, -0.25) is 9.56 Å². The first-order chi connectivity index (χ1) is 23.6. The molecular weight excluding hydrogens is 665 g/mol. The van der Waals surface area contributed by atoms with Crippen molar-refractivity contribution < 1.29 is 9.13 Å². The molecule has 5 atom stereocenters. The number of aliphatic imine (C=N–C) groups is 1. The largest absolute Gasteiger partial charge is 0.370 e. The van der Waals surface area contributed by atoms with Crippen LogP contribution >= 0.6 is 22.9 Å². The second-order valence-electron chi connectivity index (χ2n) is 13.2. The summed E-state index contributed by atoms with van der Waals surface area (Å²) in [4.78, 5) is 29.3. The summed E-state index contributed by atoms with van der Waals surface area (Å²) in [6, 6.07) is 13.2. The summed E-state index contributed by atoms with van der Waals surface area (Å²) < 4.78 is 23.5. The quantitative estimate of drug-likeness (QED) is 0.0865. The third-order valence-corrected chi connectivity index (χ3v) is 10.4. The lowest BCUT2D eigenvalue weighted by Crippen LogP contribution is -2.38. The van der Waals surface area contributed by atoms with Crippen molar-refractivity contribution in [2.75, 3.05) is 11.9 Å². The zero-order valence-electron chi connectivity index (χ0n) is 27.0. The van der Waals surface area contributed by atoms with Gasteiger partial charge in [0.05, 0.1) is 28.1 Å². The number of aryl methyl sites for hydroxylation is 1. The number of H-pyrrole nitrogens is 1. The third kappa shape index (κ3) is 7.20. The predicted octanol–water partition coefficient (Wildman–Crippen LogP) is 5.66. The van der Waals surface area contributed by atoms with E-state index in [-0.39, 0.29) is 40.7 Å². The van der Waals surface area contributed by atoms with E-state index in [0.29, 0.717) is 34.5 Å². The molecule has 14 heteroatoms. The fourth-order valence-corrected chi connectivity index (χ4v) is 7.76. The number of anilines is 1. The molecule has 7 rings (SSSR count). The maximum atomic E-state index is 15.2. The van der Waals surface area contributed by atoms with E-state index >= 15 is 4.39 Å². The molecule has 0 amide bonds. The van der Waals surface area contributed by atoms with Gasteiger partial charge in [-0.05, 0) is 86.9 Å². The number of hydrogen-bond acceptors (Lipinski definition) is 8. The minimum absolute atomic E-state index is 0.0451. The van der Waals surface area contributed by atoms with Gasteiger partial charge in [0.15, 0.2) is 16.9 Å². The Morgan fingerprint density at radius 1 is 1.27 bits per heavy atom. The van der Waals surface area contributed by atoms with Crippen LogP contribution in [0, 0.1) is 11.7 Å². The molecule has 2 aliphatic rings. The monoisotopic (exact) mass is 703 g/mol. The van der Waals surface area contributed by atoms with Gasteiger partial charge in [-0.25, -0.2) is 14.2 Å². The Morgan fingerprint density at radius 2 is 2.08 bits per heavy atom. The summed E-state index contributed by atoms with van der Waals surface area (Å²) in [5.74, 6) is -0.220. The number of hydrogen-bond donors (Lipinski definition) is 5. The number of nitrogens with one attached hydrogen (secondary N) is 2. The molecule has 2 unspecified atom stereocenters. The van der Waals surface area contributed by atoms with E-state index in [1.807, 2.05) is 36.6 Å². The molecule has 256 valence electrons. The summed E-state index contributed by atoms with van der Waals surface area (Å²) in [6.07, 6.45) is 8.23. The lowest BCUT2D eigenvalue weighted by Gasteiger charge is -2.37. The van der Waals surface area contributed by atoms with Crippen LogP contribution in [0.2, 0.25) is 5.02 Å². The maximum Gasteiger partial charge on any atom is 0.354 e. The van der Waals surface area contributed by atoms with Gasteiger partial charge < -0.3 is 32.2 Å². The highest BCUT2D eigenvalue weighted by Crippen LogP contribution is 2.56. The first-order valence-electron chi connectivity index (χ1n) is 16.4. The number of nitrogens with two attached hydrogens (primary N) is 3. The van der Waals surface area contributed by atoms with Crippen molar-refractivity contribution in [1.82, 2.24) is 19.5 Å². The van der Waals surface area contributed by atoms with Crippen molar-refractivity contribution in [2.45, 2.75) is 69.2 Å². The van der Waals surface area contributed by atoms with Gasteiger partial charge in [0.1, 0.15) is 5.65 Å². The summed E-state index contributed by atoms with van der Waals surface area (Å²) in [5, 5.41) is 7.12. The number of ether oxygens (including phenoxy) is 1. The fraction of sp³-hybridized carbons (Fsp3) is 0.371. The van der Waals surface area contributed by atoms with E-state index in [1.54, 1.807) is 41.9 Å². The molecule has 3 aromatic heterocycles. The van der Waals surface area contributed by atoms with Crippen LogP contribution in [0.25, 0.3) is 28.0 Å². The zero-order chi connectivity index (χ0) is 34.3. The molecule has 0 radical (unpaired) electrons. The van der Waals surface area contributed by atoms with Crippen molar-refractivity contribution in [2.24, 2.45) is 28.1 Å². The fourth-order valence-electron chi connectivity index (χ4n) is 6.91. The Bertz CT molecular complexity index is 2040. The van der Waals surface area contributed by atoms with Crippen LogP contribution in [0.15, 0.2) is 70.0 Å². The molecule has 0 bridgehead atoms. The van der Waals surface area contributed by atoms with E-state index in [4.69, 9.17) is 33.5 Å². The van der Waals surface area contributed by atoms with Gasteiger partial charge >= 0.3 is 5.69 Å². The van der Waals surface area contributed by atoms with Crippen LogP contribution < -0.4 is 28.2 Å². The SMILES string of the molecule is C[C@H](N)CCCc1cc(Cl)c(F)c(-c2cc3cn(-c4ccc([C@@H]5C[C@@H](Nc6nccs6)CC6(CC6CN=C(N)N)O5)cc4)c(=O)nc3[nH]2)c1. The molecule has 2 aromatic carbocycles. The molecule has 11 nitrogen and oxygen atoms in total. The number of fused-ring (bicyclic) bond motifs is 1. The third-order valence-electron chi connectivity index (χ3n) is 9.45. The van der Waals surface area contributed by atoms with Crippen molar-refractivity contribution in [3.05, 3.63) is 92.7 Å². The number of benzene rings is 2. The highest BCUT2D eigenvalue weighted by Gasteiger charge is 2.59. The van der Waals surface area contributed by atoms with Gasteiger partial charge in [0, 0.05) is 53.3 Å². The number of aromatic nitrogens is 4. The van der Waals surface area contributed by atoms with E-state index < -0.39 is 11.5 Å². The lowest BCUT2D eigenvalue weighted by atomic mass is 9.92. The molecule has 2 fully saturated rings. The molecule has 1 spiro atoms. The van der Waals surface area contributed by atoms with E-state index in [0.717, 1.165) is 54.8 Å². The minimum Gasteiger partial charge on any atom is -0.370 e. The minimum atomic E-state index is -0.528. The van der Waals surface area contributed by atoms with Crippen molar-refractivity contribution in [3.8, 4) is 16.9 Å². The highest BCUT2D eigenvalue weighted by atomic mass is 35.5. The first-order valence-corrected chi connectivity index (χ1v) is 17.7. The van der Waals surface area contributed by atoms with Crippen LogP contribution in [0.3, 0.4) is 0 Å². The molecule has 1 saturated heterocycles. The topological polar surface area (TPSA) is 175 Å². The van der Waals surface area contributed by atoms with Crippen molar-refractivity contribution in [1.29, 1.82) is 0 Å². The molecule has 1 saturated carbocycles. The smallest absolute Gasteiger partial charge is 0.354 e. The Balaban J connectivity index is 1.13. The molecule has 1 aliphatic heterocycles. The average Bonchev–Trinajstić information content (AvgIpc) is 3.36. The van der Waals surface area contributed by atoms with Crippen LogP contribution in [0.5, 0.6) is 0 Å². The Kier molecular flexibility index (Phi) is 9.18. The van der Waals surface area contributed by atoms with Crippen molar-refractivity contribution >= 4 is 45.1 Å². The lowest BCUT2D eigenvalue weighted by molar-refractivity contribution is -0.0818. The van der Waals surface area contributed by atoms with E-state index in [1.165, 1.54) is 4.57 Å². The van der Waals surface area contributed by atoms with Crippen molar-refractivity contribution in [3.63, 3.8) is 0 Å². The van der Waals surface area contributed by atoms with Gasteiger partial charge in [-0.1, -0.05) is 23.7 Å². The second-order valence-corrected chi connectivity index (χ2v) is 14.5. The average molecular weight is 704 g/mol. The van der Waals surface area contributed by atoms with Crippen LogP contribution in [0.4, 0.5) is 9.52 Å². The van der Waals surface area contributed by atoms with E-state index in [2.05, 4.69) is 25.3 Å². The predicted molar refractivity (Wildman–Crippen MR) is 193 cm³/mol. The van der Waals surface area contributed by atoms with Gasteiger partial charge in [0.25, 0.3) is 0 Å². The van der Waals surface area contributed by atoms with Crippen LogP contribution in [-0.2, 0) is 11.2 Å². The maximum absolute atomic E-state index is 15.2. The molecular formula is C35H39ClFN9O2S. The number of halogens is 2. The Hall–Kier alpha value is -4.30. The molecule has 5 aromatic rings. The first kappa shape index (κ1) is 33.2. The zero-order valence-corrected chi connectivity index (χ0v) is 28.6. The molecule has 1 aliphatic carbocycles. The highest BCUT2D eigenvalue weighted by molar-refractivity contribution is 7.13. The Labute approximate surface area is 291 Å². The summed E-state index contributed by atoms with van der Waals surface area (Å²) >= 11 is 7.86. The molecule has 4 heterocycles. The second kappa shape index (κ2) is 13.5. The van der Waals surface area contributed by atoms with Gasteiger partial charge in [-0.2, -0.15) is 4.98 Å². The number of guanidine groups is 1. The van der Waals surface area contributed by atoms with Crippen LogP contribution in [-0.4, -0.2) is 49.7 Å². The van der Waals surface area contributed by atoms with Gasteiger partial charge in [0.2, 0.25) is 0 Å². The Morgan fingerprint density at radius 3 is 2.82 bits per heavy atom. The summed E-state index contributed by atoms with van der Waals surface area (Å²) in [5.41, 5.74) is 20.1. The number of aromatic amines is 1. The molecule has 8 N–H and O–H groups in total. The van der Waals surface area contributed by atoms with E-state index in [9.17, 15) is 4.79 Å². The number of thiazole rings is 1. The van der Waals surface area contributed by atoms with Crippen LogP contribution in [0.1, 0.15) is 56.3 Å². The number of nitrogens with zero attached hydrogens (tertiary/aromatic N) is 4.